The van der Waals surface area contributed by atoms with E-state index in [1.54, 1.807) is 56.3 Å². The number of rotatable bonds is 13. The SMILES string of the molecule is CCNC(=O)C(CC)N(Cc1c(Cl)cccc1Cl)C(=O)CN(c1ccc(OCC)cc1)S(=O)(=O)c1ccc(Cl)cc1. The third kappa shape index (κ3) is 8.07. The molecule has 0 aliphatic rings. The van der Waals surface area contributed by atoms with E-state index in [-0.39, 0.29) is 29.5 Å². The largest absolute Gasteiger partial charge is 0.494 e. The van der Waals surface area contributed by atoms with Gasteiger partial charge in [0.1, 0.15) is 18.3 Å². The van der Waals surface area contributed by atoms with Gasteiger partial charge < -0.3 is 15.0 Å². The van der Waals surface area contributed by atoms with Crippen LogP contribution in [0.3, 0.4) is 0 Å². The molecule has 3 aromatic carbocycles. The Labute approximate surface area is 256 Å². The summed E-state index contributed by atoms with van der Waals surface area (Å²) in [6.45, 7) is 5.46. The maximum absolute atomic E-state index is 14.1. The van der Waals surface area contributed by atoms with E-state index in [0.29, 0.717) is 39.5 Å². The van der Waals surface area contributed by atoms with Crippen molar-refractivity contribution in [3.05, 3.63) is 87.4 Å². The second-order valence-corrected chi connectivity index (χ2v) is 12.0. The molecule has 1 atom stereocenters. The van der Waals surface area contributed by atoms with E-state index in [1.807, 2.05) is 6.92 Å². The molecule has 0 radical (unpaired) electrons. The van der Waals surface area contributed by atoms with Crippen LogP contribution in [0.15, 0.2) is 71.6 Å². The Morgan fingerprint density at radius 1 is 0.902 bits per heavy atom. The smallest absolute Gasteiger partial charge is 0.264 e. The highest BCUT2D eigenvalue weighted by Crippen LogP contribution is 2.30. The summed E-state index contributed by atoms with van der Waals surface area (Å²) in [4.78, 5) is 28.4. The van der Waals surface area contributed by atoms with Gasteiger partial charge in [0.05, 0.1) is 17.2 Å². The number of hydrogen-bond donors (Lipinski definition) is 1. The van der Waals surface area contributed by atoms with E-state index < -0.39 is 28.5 Å². The number of amides is 2. The average Bonchev–Trinajstić information content (AvgIpc) is 2.94. The first kappa shape index (κ1) is 32.5. The molecule has 0 heterocycles. The number of halogens is 3. The fourth-order valence-corrected chi connectivity index (χ4v) is 6.26. The molecule has 0 spiro atoms. The lowest BCUT2D eigenvalue weighted by Crippen LogP contribution is -2.52. The van der Waals surface area contributed by atoms with Crippen LogP contribution in [-0.4, -0.2) is 50.9 Å². The quantitative estimate of drug-likeness (QED) is 0.241. The summed E-state index contributed by atoms with van der Waals surface area (Å²) in [5, 5.41) is 3.75. The standard InChI is InChI=1S/C29H32Cl3N3O5S/c1-4-27(29(37)33-5-2)34(18-24-25(31)8-7-9-26(24)32)28(36)19-35(21-12-14-22(15-13-21)40-6-3)41(38,39)23-16-10-20(30)11-17-23/h7-17,27H,4-6,18-19H2,1-3H3,(H,33,37). The van der Waals surface area contributed by atoms with Gasteiger partial charge in [-0.3, -0.25) is 13.9 Å². The number of carbonyl (C=O) groups excluding carboxylic acids is 2. The van der Waals surface area contributed by atoms with Gasteiger partial charge in [0.2, 0.25) is 11.8 Å². The molecule has 12 heteroatoms. The molecule has 220 valence electrons. The van der Waals surface area contributed by atoms with Crippen molar-refractivity contribution in [3.63, 3.8) is 0 Å². The van der Waals surface area contributed by atoms with Gasteiger partial charge in [-0.2, -0.15) is 0 Å². The topological polar surface area (TPSA) is 96.0 Å². The second kappa shape index (κ2) is 14.8. The zero-order valence-corrected chi connectivity index (χ0v) is 26.0. The molecule has 0 aromatic heterocycles. The molecule has 1 unspecified atom stereocenters. The lowest BCUT2D eigenvalue weighted by Gasteiger charge is -2.33. The molecule has 0 saturated heterocycles. The van der Waals surface area contributed by atoms with E-state index in [2.05, 4.69) is 5.32 Å². The molecule has 1 N–H and O–H groups in total. The second-order valence-electron chi connectivity index (χ2n) is 8.93. The zero-order chi connectivity index (χ0) is 30.2. The van der Waals surface area contributed by atoms with E-state index in [9.17, 15) is 18.0 Å². The Morgan fingerprint density at radius 3 is 2.05 bits per heavy atom. The molecule has 2 amide bonds. The number of carbonyl (C=O) groups is 2. The monoisotopic (exact) mass is 639 g/mol. The Kier molecular flexibility index (Phi) is 11.7. The minimum atomic E-state index is -4.24. The molecule has 3 aromatic rings. The van der Waals surface area contributed by atoms with Gasteiger partial charge in [0.25, 0.3) is 10.0 Å². The van der Waals surface area contributed by atoms with Crippen LogP contribution in [0.4, 0.5) is 5.69 Å². The zero-order valence-electron chi connectivity index (χ0n) is 22.9. The molecular weight excluding hydrogens is 609 g/mol. The van der Waals surface area contributed by atoms with Crippen molar-refractivity contribution in [1.29, 1.82) is 0 Å². The molecule has 0 aliphatic carbocycles. The first-order valence-electron chi connectivity index (χ1n) is 13.0. The summed E-state index contributed by atoms with van der Waals surface area (Å²) in [6.07, 6.45) is 0.270. The van der Waals surface area contributed by atoms with Gasteiger partial charge in [-0.25, -0.2) is 8.42 Å². The van der Waals surface area contributed by atoms with Crippen LogP contribution in [0.1, 0.15) is 32.8 Å². The van der Waals surface area contributed by atoms with Gasteiger partial charge in [-0.15, -0.1) is 0 Å². The number of benzene rings is 3. The van der Waals surface area contributed by atoms with E-state index in [0.717, 1.165) is 4.31 Å². The molecule has 0 fully saturated rings. The number of nitrogens with zero attached hydrogens (tertiary/aromatic N) is 2. The van der Waals surface area contributed by atoms with Crippen LogP contribution < -0.4 is 14.4 Å². The van der Waals surface area contributed by atoms with Crippen LogP contribution in [0.25, 0.3) is 0 Å². The summed E-state index contributed by atoms with van der Waals surface area (Å²) >= 11 is 18.8. The summed E-state index contributed by atoms with van der Waals surface area (Å²) in [5.41, 5.74) is 0.679. The van der Waals surface area contributed by atoms with Crippen molar-refractivity contribution >= 4 is 62.3 Å². The summed E-state index contributed by atoms with van der Waals surface area (Å²) < 4.78 is 34.3. The Bertz CT molecular complexity index is 1430. The van der Waals surface area contributed by atoms with Crippen LogP contribution in [0.2, 0.25) is 15.1 Å². The van der Waals surface area contributed by atoms with E-state index in [1.165, 1.54) is 29.2 Å². The fourth-order valence-electron chi connectivity index (χ4n) is 4.20. The van der Waals surface area contributed by atoms with Crippen LogP contribution in [-0.2, 0) is 26.2 Å². The van der Waals surface area contributed by atoms with Crippen molar-refractivity contribution < 1.29 is 22.7 Å². The summed E-state index contributed by atoms with van der Waals surface area (Å²) in [5.74, 6) is -0.450. The predicted octanol–water partition coefficient (Wildman–Crippen LogP) is 6.18. The van der Waals surface area contributed by atoms with E-state index >= 15 is 0 Å². The van der Waals surface area contributed by atoms with Crippen LogP contribution in [0, 0.1) is 0 Å². The number of hydrogen-bond acceptors (Lipinski definition) is 5. The van der Waals surface area contributed by atoms with Gasteiger partial charge in [0.15, 0.2) is 0 Å². The predicted molar refractivity (Wildman–Crippen MR) is 163 cm³/mol. The molecule has 8 nitrogen and oxygen atoms in total. The van der Waals surface area contributed by atoms with Crippen molar-refractivity contribution in [1.82, 2.24) is 10.2 Å². The van der Waals surface area contributed by atoms with Crippen molar-refractivity contribution in [2.24, 2.45) is 0 Å². The van der Waals surface area contributed by atoms with Crippen molar-refractivity contribution in [3.8, 4) is 5.75 Å². The molecule has 41 heavy (non-hydrogen) atoms. The van der Waals surface area contributed by atoms with Crippen molar-refractivity contribution in [2.45, 2.75) is 44.7 Å². The van der Waals surface area contributed by atoms with Crippen LogP contribution >= 0.6 is 34.8 Å². The Hall–Kier alpha value is -2.98. The number of ether oxygens (including phenoxy) is 1. The summed E-state index contributed by atoms with van der Waals surface area (Å²) in [6, 6.07) is 16.1. The Morgan fingerprint density at radius 2 is 1.51 bits per heavy atom. The van der Waals surface area contributed by atoms with Gasteiger partial charge in [-0.1, -0.05) is 47.8 Å². The fraction of sp³-hybridized carbons (Fsp3) is 0.310. The first-order chi connectivity index (χ1) is 19.5. The first-order valence-corrected chi connectivity index (χ1v) is 15.6. The summed E-state index contributed by atoms with van der Waals surface area (Å²) in [7, 11) is -4.24. The highest BCUT2D eigenvalue weighted by molar-refractivity contribution is 7.92. The molecule has 0 saturated carbocycles. The van der Waals surface area contributed by atoms with E-state index in [4.69, 9.17) is 39.5 Å². The molecule has 0 bridgehead atoms. The number of sulfonamides is 1. The minimum Gasteiger partial charge on any atom is -0.494 e. The number of anilines is 1. The molecular formula is C29H32Cl3N3O5S. The average molecular weight is 641 g/mol. The van der Waals surface area contributed by atoms with Gasteiger partial charge >= 0.3 is 0 Å². The van der Waals surface area contributed by atoms with Gasteiger partial charge in [-0.05, 0) is 80.9 Å². The molecule has 0 aliphatic heterocycles. The highest BCUT2D eigenvalue weighted by Gasteiger charge is 2.34. The maximum atomic E-state index is 14.1. The van der Waals surface area contributed by atoms with Crippen molar-refractivity contribution in [2.75, 3.05) is 24.0 Å². The van der Waals surface area contributed by atoms with Gasteiger partial charge in [0, 0.05) is 33.7 Å². The van der Waals surface area contributed by atoms with Crippen LogP contribution in [0.5, 0.6) is 5.75 Å². The number of nitrogens with one attached hydrogen (secondary N) is 1. The lowest BCUT2D eigenvalue weighted by molar-refractivity contribution is -0.140. The maximum Gasteiger partial charge on any atom is 0.264 e. The highest BCUT2D eigenvalue weighted by atomic mass is 35.5. The Balaban J connectivity index is 2.10. The molecule has 3 rings (SSSR count). The number of likely N-dealkylation sites (N-methyl/N-ethyl adjacent to an activating group) is 1. The normalized spacial score (nSPS) is 12.0. The third-order valence-corrected chi connectivity index (χ3v) is 8.99. The minimum absolute atomic E-state index is 0.0555. The third-order valence-electron chi connectivity index (χ3n) is 6.24. The lowest BCUT2D eigenvalue weighted by atomic mass is 10.1.